The molecule has 2 saturated carbocycles. The summed E-state index contributed by atoms with van der Waals surface area (Å²) < 4.78 is 5.11. The minimum absolute atomic E-state index is 0.170. The Balaban J connectivity index is 1.34. The molecule has 3 fully saturated rings. The van der Waals surface area contributed by atoms with Crippen molar-refractivity contribution in [2.75, 3.05) is 12.4 Å². The average molecular weight is 366 g/mol. The van der Waals surface area contributed by atoms with E-state index in [9.17, 15) is 14.4 Å². The molecule has 140 valence electrons. The van der Waals surface area contributed by atoms with E-state index in [0.717, 1.165) is 6.42 Å². The summed E-state index contributed by atoms with van der Waals surface area (Å²) in [6.07, 6.45) is 5.40. The number of carbonyl (C=O) groups is 3. The summed E-state index contributed by atoms with van der Waals surface area (Å²) in [7, 11) is 1.58. The second kappa shape index (κ2) is 5.68. The van der Waals surface area contributed by atoms with Crippen LogP contribution >= 0.6 is 0 Å². The molecule has 5 aliphatic rings. The van der Waals surface area contributed by atoms with Gasteiger partial charge in [-0.1, -0.05) is 12.2 Å². The minimum atomic E-state index is -0.826. The Morgan fingerprint density at radius 3 is 2.15 bits per heavy atom. The molecule has 6 nitrogen and oxygen atoms in total. The van der Waals surface area contributed by atoms with Crippen LogP contribution in [-0.4, -0.2) is 35.8 Å². The maximum absolute atomic E-state index is 13.1. The first-order chi connectivity index (χ1) is 13.0. The van der Waals surface area contributed by atoms with Gasteiger partial charge in [0.2, 0.25) is 17.7 Å². The maximum Gasteiger partial charge on any atom is 0.247 e. The van der Waals surface area contributed by atoms with E-state index in [2.05, 4.69) is 17.5 Å². The first kappa shape index (κ1) is 16.5. The number of benzene rings is 1. The lowest BCUT2D eigenvalue weighted by atomic mass is 9.63. The second-order valence-corrected chi connectivity index (χ2v) is 8.09. The van der Waals surface area contributed by atoms with E-state index in [1.807, 2.05) is 0 Å². The Hall–Kier alpha value is -2.63. The predicted molar refractivity (Wildman–Crippen MR) is 97.6 cm³/mol. The summed E-state index contributed by atoms with van der Waals surface area (Å²) in [6.45, 7) is 1.63. The second-order valence-electron chi connectivity index (χ2n) is 8.09. The molecular formula is C21H22N2O4. The van der Waals surface area contributed by atoms with Gasteiger partial charge < -0.3 is 10.1 Å². The van der Waals surface area contributed by atoms with E-state index in [-0.39, 0.29) is 41.4 Å². The summed E-state index contributed by atoms with van der Waals surface area (Å²) in [6, 6.07) is 6.13. The minimum Gasteiger partial charge on any atom is -0.497 e. The van der Waals surface area contributed by atoms with Gasteiger partial charge in [0.25, 0.3) is 0 Å². The number of methoxy groups -OCH3 is 1. The Morgan fingerprint density at radius 2 is 1.63 bits per heavy atom. The molecule has 1 N–H and O–H groups in total. The van der Waals surface area contributed by atoms with E-state index in [0.29, 0.717) is 23.3 Å². The van der Waals surface area contributed by atoms with Gasteiger partial charge in [-0.25, -0.2) is 0 Å². The highest BCUT2D eigenvalue weighted by atomic mass is 16.5. The quantitative estimate of drug-likeness (QED) is 0.654. The number of nitrogens with zero attached hydrogens (tertiary/aromatic N) is 1. The highest BCUT2D eigenvalue weighted by Crippen LogP contribution is 2.65. The van der Waals surface area contributed by atoms with Crippen molar-refractivity contribution in [2.45, 2.75) is 19.4 Å². The number of likely N-dealkylation sites (tertiary alicyclic amines) is 1. The molecular weight excluding hydrogens is 344 g/mol. The van der Waals surface area contributed by atoms with Crippen molar-refractivity contribution < 1.29 is 19.1 Å². The van der Waals surface area contributed by atoms with E-state index < -0.39 is 6.04 Å². The van der Waals surface area contributed by atoms with Crippen molar-refractivity contribution in [1.82, 2.24) is 4.90 Å². The maximum atomic E-state index is 13.1. The Kier molecular flexibility index (Phi) is 3.48. The molecule has 7 atom stereocenters. The highest BCUT2D eigenvalue weighted by molar-refractivity contribution is 6.10. The fraction of sp³-hybridized carbons (Fsp3) is 0.476. The third kappa shape index (κ3) is 2.28. The number of imide groups is 1. The number of carbonyl (C=O) groups excluding carboxylic acids is 3. The van der Waals surface area contributed by atoms with Crippen LogP contribution in [0.5, 0.6) is 5.75 Å². The third-order valence-electron chi connectivity index (χ3n) is 6.82. The summed E-state index contributed by atoms with van der Waals surface area (Å²) in [4.78, 5) is 40.0. The normalized spacial score (nSPS) is 36.3. The summed E-state index contributed by atoms with van der Waals surface area (Å²) in [5.74, 6) is 0.899. The first-order valence-electron chi connectivity index (χ1n) is 9.51. The van der Waals surface area contributed by atoms with Gasteiger partial charge in [0.15, 0.2) is 0 Å². The van der Waals surface area contributed by atoms with Crippen LogP contribution in [0.2, 0.25) is 0 Å². The number of hydrogen-bond donors (Lipinski definition) is 1. The van der Waals surface area contributed by atoms with E-state index in [1.165, 1.54) is 4.90 Å². The zero-order valence-corrected chi connectivity index (χ0v) is 15.3. The number of amides is 3. The van der Waals surface area contributed by atoms with Crippen LogP contribution in [0.1, 0.15) is 13.3 Å². The highest BCUT2D eigenvalue weighted by Gasteiger charge is 2.67. The monoisotopic (exact) mass is 366 g/mol. The van der Waals surface area contributed by atoms with Crippen molar-refractivity contribution in [3.05, 3.63) is 36.4 Å². The molecule has 0 unspecified atom stereocenters. The number of nitrogens with one attached hydrogen (secondary N) is 1. The lowest BCUT2D eigenvalue weighted by Gasteiger charge is -2.37. The van der Waals surface area contributed by atoms with Gasteiger partial charge in [-0.3, -0.25) is 19.3 Å². The molecule has 1 aliphatic heterocycles. The van der Waals surface area contributed by atoms with E-state index >= 15 is 0 Å². The smallest absolute Gasteiger partial charge is 0.247 e. The zero-order valence-electron chi connectivity index (χ0n) is 15.3. The molecule has 1 heterocycles. The van der Waals surface area contributed by atoms with Crippen LogP contribution in [0.4, 0.5) is 5.69 Å². The van der Waals surface area contributed by atoms with Crippen molar-refractivity contribution in [3.8, 4) is 5.75 Å². The summed E-state index contributed by atoms with van der Waals surface area (Å²) >= 11 is 0. The molecule has 0 spiro atoms. The van der Waals surface area contributed by atoms with Gasteiger partial charge in [0, 0.05) is 5.69 Å². The van der Waals surface area contributed by atoms with Gasteiger partial charge >= 0.3 is 0 Å². The van der Waals surface area contributed by atoms with Gasteiger partial charge in [-0.2, -0.15) is 0 Å². The van der Waals surface area contributed by atoms with Crippen LogP contribution < -0.4 is 10.1 Å². The largest absolute Gasteiger partial charge is 0.497 e. The van der Waals surface area contributed by atoms with Crippen LogP contribution in [0, 0.1) is 35.5 Å². The van der Waals surface area contributed by atoms with Crippen LogP contribution in [0.25, 0.3) is 0 Å². The van der Waals surface area contributed by atoms with E-state index in [4.69, 9.17) is 4.74 Å². The lowest BCUT2D eigenvalue weighted by molar-refractivity contribution is -0.146. The van der Waals surface area contributed by atoms with Gasteiger partial charge in [0.05, 0.1) is 18.9 Å². The van der Waals surface area contributed by atoms with Crippen LogP contribution in [0.3, 0.4) is 0 Å². The van der Waals surface area contributed by atoms with Gasteiger partial charge in [-0.05, 0) is 61.3 Å². The first-order valence-corrected chi connectivity index (χ1v) is 9.51. The van der Waals surface area contributed by atoms with Crippen LogP contribution in [-0.2, 0) is 14.4 Å². The molecule has 1 aromatic rings. The lowest BCUT2D eigenvalue weighted by Crippen LogP contribution is -2.46. The molecule has 2 bridgehead atoms. The molecule has 1 saturated heterocycles. The van der Waals surface area contributed by atoms with E-state index in [1.54, 1.807) is 38.3 Å². The average Bonchev–Trinajstić information content (AvgIpc) is 3.46. The van der Waals surface area contributed by atoms with Crippen molar-refractivity contribution in [1.29, 1.82) is 0 Å². The fourth-order valence-corrected chi connectivity index (χ4v) is 5.40. The third-order valence-corrected chi connectivity index (χ3v) is 6.82. The standard InChI is InChI=1S/C21H22N2O4/c1-10(19(24)22-11-3-5-12(27-2)6-4-11)23-20(25)17-13-7-8-14(16-9-15(13)16)18(17)21(23)26/h3-8,10,13-18H,9H2,1-2H3,(H,22,24)/t10-,13-,14-,15-,16-,17+,18+/m1/s1. The molecule has 6 heteroatoms. The molecule has 4 aliphatic carbocycles. The van der Waals surface area contributed by atoms with Gasteiger partial charge in [0.1, 0.15) is 11.8 Å². The Labute approximate surface area is 157 Å². The number of ether oxygens (including phenoxy) is 1. The molecule has 0 aromatic heterocycles. The van der Waals surface area contributed by atoms with Crippen molar-refractivity contribution >= 4 is 23.4 Å². The predicted octanol–water partition coefficient (Wildman–Crippen LogP) is 2.08. The molecule has 6 rings (SSSR count). The molecule has 1 aromatic carbocycles. The summed E-state index contributed by atoms with van der Waals surface area (Å²) in [5, 5.41) is 2.79. The number of allylic oxidation sites excluding steroid dienone is 2. The fourth-order valence-electron chi connectivity index (χ4n) is 5.40. The molecule has 0 radical (unpaired) electrons. The topological polar surface area (TPSA) is 75.7 Å². The number of hydrogen-bond acceptors (Lipinski definition) is 4. The Morgan fingerprint density at radius 1 is 1.07 bits per heavy atom. The molecule has 3 amide bonds. The van der Waals surface area contributed by atoms with Gasteiger partial charge in [-0.15, -0.1) is 0 Å². The molecule has 27 heavy (non-hydrogen) atoms. The summed E-state index contributed by atoms with van der Waals surface area (Å²) in [5.41, 5.74) is 0.604. The Bertz CT molecular complexity index is 825. The van der Waals surface area contributed by atoms with Crippen molar-refractivity contribution in [3.63, 3.8) is 0 Å². The number of anilines is 1. The van der Waals surface area contributed by atoms with Crippen molar-refractivity contribution in [2.24, 2.45) is 35.5 Å². The van der Waals surface area contributed by atoms with Crippen LogP contribution in [0.15, 0.2) is 36.4 Å². The zero-order chi connectivity index (χ0) is 18.9. The SMILES string of the molecule is COc1ccc(NC(=O)[C@@H](C)N2C(=O)[C@H]3[C@@H]4C=C[C@H]([C@H]5C[C@H]45)[C@@H]3C2=O)cc1. The number of rotatable bonds is 4.